The molecule has 1 aliphatic rings. The number of Topliss-reactive ketones (excluding diaryl/α,β-unsaturated/α-hetero) is 1. The normalized spacial score (nSPS) is 25.8. The van der Waals surface area contributed by atoms with Crippen molar-refractivity contribution < 1.29 is 14.3 Å². The van der Waals surface area contributed by atoms with Gasteiger partial charge in [0.25, 0.3) is 0 Å². The maximum Gasteiger partial charge on any atom is 0.316 e. The van der Waals surface area contributed by atoms with Gasteiger partial charge in [0, 0.05) is 12.0 Å². The number of carbonyl (C=O) groups is 2. The molecule has 0 aromatic rings. The Morgan fingerprint density at radius 1 is 1.60 bits per heavy atom. The summed E-state index contributed by atoms with van der Waals surface area (Å²) >= 11 is 0. The van der Waals surface area contributed by atoms with Crippen LogP contribution >= 0.6 is 0 Å². The quantitative estimate of drug-likeness (QED) is 0.543. The number of esters is 1. The van der Waals surface area contributed by atoms with Gasteiger partial charge in [0.15, 0.2) is 5.78 Å². The molecule has 1 heterocycles. The van der Waals surface area contributed by atoms with Crippen molar-refractivity contribution in [2.24, 2.45) is 11.3 Å². The molecule has 1 N–H and O–H groups in total. The lowest BCUT2D eigenvalue weighted by Crippen LogP contribution is -2.38. The fraction of sp³-hybridized carbons (Fsp3) is 0.818. The van der Waals surface area contributed by atoms with Crippen LogP contribution in [0.3, 0.4) is 0 Å². The Morgan fingerprint density at radius 3 is 2.87 bits per heavy atom. The summed E-state index contributed by atoms with van der Waals surface area (Å²) in [6, 6.07) is 0. The molecule has 4 nitrogen and oxygen atoms in total. The molecular weight excluding hydrogens is 194 g/mol. The molecule has 0 amide bonds. The fourth-order valence-corrected chi connectivity index (χ4v) is 1.80. The van der Waals surface area contributed by atoms with Crippen molar-refractivity contribution in [2.75, 3.05) is 19.7 Å². The second-order valence-electron chi connectivity index (χ2n) is 4.52. The average molecular weight is 213 g/mol. The minimum Gasteiger partial charge on any atom is -0.465 e. The van der Waals surface area contributed by atoms with E-state index in [-0.39, 0.29) is 11.8 Å². The summed E-state index contributed by atoms with van der Waals surface area (Å²) in [4.78, 5) is 23.6. The van der Waals surface area contributed by atoms with E-state index < -0.39 is 11.3 Å². The zero-order valence-corrected chi connectivity index (χ0v) is 9.63. The average Bonchev–Trinajstić information content (AvgIpc) is 2.28. The highest BCUT2D eigenvalue weighted by molar-refractivity contribution is 6.02. The highest BCUT2D eigenvalue weighted by Crippen LogP contribution is 2.25. The van der Waals surface area contributed by atoms with E-state index >= 15 is 0 Å². The Balaban J connectivity index is 2.78. The standard InChI is InChI=1S/C11H19NO3/c1-4-15-10(14)8-5-6-12-7-11(2,3)9(8)13/h8,12H,4-7H2,1-3H3. The molecule has 0 radical (unpaired) electrons. The van der Waals surface area contributed by atoms with E-state index in [0.29, 0.717) is 26.1 Å². The van der Waals surface area contributed by atoms with Gasteiger partial charge >= 0.3 is 5.97 Å². The summed E-state index contributed by atoms with van der Waals surface area (Å²) in [5.74, 6) is -0.972. The van der Waals surface area contributed by atoms with Crippen LogP contribution in [0, 0.1) is 11.3 Å². The number of rotatable bonds is 2. The SMILES string of the molecule is CCOC(=O)C1CCNCC(C)(C)C1=O. The zero-order chi connectivity index (χ0) is 11.5. The molecule has 1 atom stereocenters. The monoisotopic (exact) mass is 213 g/mol. The molecule has 0 aromatic carbocycles. The molecule has 4 heteroatoms. The molecule has 15 heavy (non-hydrogen) atoms. The number of ketones is 1. The highest BCUT2D eigenvalue weighted by atomic mass is 16.5. The molecule has 1 rings (SSSR count). The van der Waals surface area contributed by atoms with Gasteiger partial charge in [0.2, 0.25) is 0 Å². The maximum atomic E-state index is 12.0. The zero-order valence-electron chi connectivity index (χ0n) is 9.63. The van der Waals surface area contributed by atoms with Crippen LogP contribution in [-0.2, 0) is 14.3 Å². The molecule has 1 saturated heterocycles. The third kappa shape index (κ3) is 2.78. The Morgan fingerprint density at radius 2 is 2.27 bits per heavy atom. The van der Waals surface area contributed by atoms with Gasteiger partial charge in [-0.1, -0.05) is 13.8 Å². The van der Waals surface area contributed by atoms with Crippen LogP contribution in [0.2, 0.25) is 0 Å². The van der Waals surface area contributed by atoms with E-state index in [9.17, 15) is 9.59 Å². The molecule has 0 spiro atoms. The van der Waals surface area contributed by atoms with E-state index in [1.165, 1.54) is 0 Å². The Labute approximate surface area is 90.4 Å². The largest absolute Gasteiger partial charge is 0.465 e. The molecule has 0 bridgehead atoms. The molecule has 1 aliphatic heterocycles. The second kappa shape index (κ2) is 4.75. The lowest BCUT2D eigenvalue weighted by molar-refractivity contribution is -0.153. The second-order valence-corrected chi connectivity index (χ2v) is 4.52. The van der Waals surface area contributed by atoms with Gasteiger partial charge in [-0.25, -0.2) is 0 Å². The fourth-order valence-electron chi connectivity index (χ4n) is 1.80. The minimum absolute atomic E-state index is 0.00838. The molecule has 86 valence electrons. The van der Waals surface area contributed by atoms with Gasteiger partial charge in [0.05, 0.1) is 6.61 Å². The van der Waals surface area contributed by atoms with Crippen LogP contribution in [0.25, 0.3) is 0 Å². The summed E-state index contributed by atoms with van der Waals surface area (Å²) in [5, 5.41) is 3.17. The number of ether oxygens (including phenoxy) is 1. The Hall–Kier alpha value is -0.900. The summed E-state index contributed by atoms with van der Waals surface area (Å²) in [6.07, 6.45) is 0.543. The van der Waals surface area contributed by atoms with Gasteiger partial charge in [-0.3, -0.25) is 9.59 Å². The molecule has 1 fully saturated rings. The Bertz CT molecular complexity index is 261. The first-order valence-electron chi connectivity index (χ1n) is 5.40. The highest BCUT2D eigenvalue weighted by Gasteiger charge is 2.39. The van der Waals surface area contributed by atoms with Crippen molar-refractivity contribution in [2.45, 2.75) is 27.2 Å². The first-order valence-corrected chi connectivity index (χ1v) is 5.40. The van der Waals surface area contributed by atoms with Gasteiger partial charge in [-0.15, -0.1) is 0 Å². The lowest BCUT2D eigenvalue weighted by Gasteiger charge is -2.23. The van der Waals surface area contributed by atoms with Gasteiger partial charge < -0.3 is 10.1 Å². The number of carbonyl (C=O) groups excluding carboxylic acids is 2. The van der Waals surface area contributed by atoms with Crippen molar-refractivity contribution in [1.29, 1.82) is 0 Å². The predicted molar refractivity (Wildman–Crippen MR) is 56.4 cm³/mol. The van der Waals surface area contributed by atoms with Crippen LogP contribution < -0.4 is 5.32 Å². The summed E-state index contributed by atoms with van der Waals surface area (Å²) in [5.41, 5.74) is -0.478. The first kappa shape index (κ1) is 12.2. The maximum absolute atomic E-state index is 12.0. The van der Waals surface area contributed by atoms with E-state index in [2.05, 4.69) is 5.32 Å². The molecule has 0 saturated carbocycles. The van der Waals surface area contributed by atoms with Crippen LogP contribution in [0.5, 0.6) is 0 Å². The number of nitrogens with one attached hydrogen (secondary N) is 1. The number of hydrogen-bond acceptors (Lipinski definition) is 4. The third-order valence-electron chi connectivity index (χ3n) is 2.73. The molecule has 0 aliphatic carbocycles. The van der Waals surface area contributed by atoms with E-state index in [4.69, 9.17) is 4.74 Å². The van der Waals surface area contributed by atoms with E-state index in [0.717, 1.165) is 0 Å². The third-order valence-corrected chi connectivity index (χ3v) is 2.73. The molecule has 0 aromatic heterocycles. The van der Waals surface area contributed by atoms with Crippen molar-refractivity contribution in [3.8, 4) is 0 Å². The molecular formula is C11H19NO3. The summed E-state index contributed by atoms with van der Waals surface area (Å²) in [7, 11) is 0. The summed E-state index contributed by atoms with van der Waals surface area (Å²) in [6.45, 7) is 7.12. The van der Waals surface area contributed by atoms with Crippen molar-refractivity contribution in [3.63, 3.8) is 0 Å². The van der Waals surface area contributed by atoms with Crippen molar-refractivity contribution in [3.05, 3.63) is 0 Å². The van der Waals surface area contributed by atoms with Gasteiger partial charge in [0.1, 0.15) is 5.92 Å². The van der Waals surface area contributed by atoms with Crippen molar-refractivity contribution in [1.82, 2.24) is 5.32 Å². The lowest BCUT2D eigenvalue weighted by atomic mass is 9.81. The predicted octanol–water partition coefficient (Wildman–Crippen LogP) is 0.754. The van der Waals surface area contributed by atoms with Gasteiger partial charge in [-0.05, 0) is 19.9 Å². The van der Waals surface area contributed by atoms with Crippen LogP contribution in [-0.4, -0.2) is 31.4 Å². The first-order chi connectivity index (χ1) is 6.99. The van der Waals surface area contributed by atoms with E-state index in [1.54, 1.807) is 6.92 Å². The summed E-state index contributed by atoms with van der Waals surface area (Å²) < 4.78 is 4.91. The van der Waals surface area contributed by atoms with Crippen LogP contribution in [0.4, 0.5) is 0 Å². The topological polar surface area (TPSA) is 55.4 Å². The number of hydrogen-bond donors (Lipinski definition) is 1. The van der Waals surface area contributed by atoms with Gasteiger partial charge in [-0.2, -0.15) is 0 Å². The van der Waals surface area contributed by atoms with Crippen LogP contribution in [0.1, 0.15) is 27.2 Å². The van der Waals surface area contributed by atoms with E-state index in [1.807, 2.05) is 13.8 Å². The van der Waals surface area contributed by atoms with Crippen molar-refractivity contribution >= 4 is 11.8 Å². The van der Waals surface area contributed by atoms with Crippen LogP contribution in [0.15, 0.2) is 0 Å². The minimum atomic E-state index is -0.588. The molecule has 1 unspecified atom stereocenters. The smallest absolute Gasteiger partial charge is 0.316 e. The Kier molecular flexibility index (Phi) is 3.85.